The number of rotatable bonds is 5. The summed E-state index contributed by atoms with van der Waals surface area (Å²) < 4.78 is 5.47. The Labute approximate surface area is 282 Å². The largest absolute Gasteiger partial charge is 0.479 e. The summed E-state index contributed by atoms with van der Waals surface area (Å²) in [6.07, 6.45) is 6.94. The molecule has 3 N–H and O–H groups in total. The van der Waals surface area contributed by atoms with Gasteiger partial charge in [0.25, 0.3) is 0 Å². The van der Waals surface area contributed by atoms with Gasteiger partial charge in [0, 0.05) is 23.8 Å². The van der Waals surface area contributed by atoms with Crippen molar-refractivity contribution in [3.63, 3.8) is 0 Å². The number of hydrogen-bond acceptors (Lipinski definition) is 9. The van der Waals surface area contributed by atoms with E-state index in [1.54, 1.807) is 20.8 Å². The molecular formula is C34H41N7O6S. The molecule has 3 aromatic rings. The van der Waals surface area contributed by atoms with Crippen LogP contribution in [-0.4, -0.2) is 83.9 Å². The first-order valence-electron chi connectivity index (χ1n) is 16.4. The molecule has 254 valence electrons. The normalized spacial score (nSPS) is 27.1. The topological polar surface area (TPSA) is 169 Å². The lowest BCUT2D eigenvalue weighted by Gasteiger charge is -2.30. The Kier molecular flexibility index (Phi) is 9.37. The monoisotopic (exact) mass is 675 g/mol. The molecule has 0 unspecified atom stereocenters. The molecule has 48 heavy (non-hydrogen) atoms. The van der Waals surface area contributed by atoms with Crippen LogP contribution in [0.15, 0.2) is 54.6 Å². The van der Waals surface area contributed by atoms with E-state index >= 15 is 0 Å². The molecule has 14 heteroatoms. The number of aromatic nitrogens is 4. The van der Waals surface area contributed by atoms with Crippen molar-refractivity contribution >= 4 is 35.2 Å². The minimum Gasteiger partial charge on any atom is -0.479 e. The zero-order valence-electron chi connectivity index (χ0n) is 27.3. The van der Waals surface area contributed by atoms with Crippen molar-refractivity contribution in [2.24, 2.45) is 5.92 Å². The lowest BCUT2D eigenvalue weighted by Crippen LogP contribution is -2.56. The molecule has 1 aromatic carbocycles. The van der Waals surface area contributed by atoms with E-state index in [9.17, 15) is 24.3 Å². The number of nitrogens with zero attached hydrogens (tertiary/aromatic N) is 5. The molecule has 6 rings (SSSR count). The van der Waals surface area contributed by atoms with Gasteiger partial charge < -0.3 is 25.4 Å². The number of nitrogens with one attached hydrogen (secondary N) is 2. The highest BCUT2D eigenvalue weighted by Crippen LogP contribution is 2.45. The first kappa shape index (κ1) is 33.3. The van der Waals surface area contributed by atoms with Crippen LogP contribution in [0.25, 0.3) is 21.1 Å². The van der Waals surface area contributed by atoms with Crippen molar-refractivity contribution in [3.8, 4) is 21.1 Å². The quantitative estimate of drug-likeness (QED) is 0.328. The molecule has 3 aliphatic rings. The van der Waals surface area contributed by atoms with Crippen molar-refractivity contribution in [2.45, 2.75) is 95.0 Å². The molecule has 3 amide bonds. The number of aliphatic carboxylic acids is 1. The Morgan fingerprint density at radius 1 is 1.08 bits per heavy atom. The number of hydrogen-bond donors (Lipinski definition) is 3. The van der Waals surface area contributed by atoms with Crippen LogP contribution in [0.2, 0.25) is 0 Å². The summed E-state index contributed by atoms with van der Waals surface area (Å²) in [7, 11) is 0. The molecule has 5 atom stereocenters. The number of amides is 3. The van der Waals surface area contributed by atoms with Gasteiger partial charge in [0.2, 0.25) is 17.6 Å². The smallest absolute Gasteiger partial charge is 0.408 e. The fourth-order valence-corrected chi connectivity index (χ4v) is 7.33. The molecule has 0 bridgehead atoms. The average Bonchev–Trinajstić information content (AvgIpc) is 3.49. The van der Waals surface area contributed by atoms with Gasteiger partial charge in [-0.2, -0.15) is 4.80 Å². The minimum absolute atomic E-state index is 0.0718. The van der Waals surface area contributed by atoms with Crippen LogP contribution >= 0.6 is 11.3 Å². The SMILES string of the molecule is CC(C)(C)OC(=O)N[C@H]1CCCCC/C=C\[C@@H]2C[C@]2(C(=O)O)NC(=O)[C@@H]2C[C@H](n3nnc(-c4ccc(-c5ccccc5)s4)n3)CN2C1=O. The number of ether oxygens (including phenoxy) is 1. The Hall–Kier alpha value is -4.59. The van der Waals surface area contributed by atoms with Gasteiger partial charge in [-0.3, -0.25) is 9.59 Å². The average molecular weight is 676 g/mol. The fourth-order valence-electron chi connectivity index (χ4n) is 6.39. The van der Waals surface area contributed by atoms with E-state index in [0.717, 1.165) is 34.6 Å². The van der Waals surface area contributed by atoms with E-state index in [0.29, 0.717) is 18.7 Å². The second-order valence-electron chi connectivity index (χ2n) is 13.7. The number of tetrazole rings is 1. The molecule has 1 saturated carbocycles. The Morgan fingerprint density at radius 2 is 1.85 bits per heavy atom. The van der Waals surface area contributed by atoms with Crippen LogP contribution in [0.3, 0.4) is 0 Å². The van der Waals surface area contributed by atoms with E-state index < -0.39 is 53.1 Å². The van der Waals surface area contributed by atoms with Crippen molar-refractivity contribution in [2.75, 3.05) is 6.54 Å². The number of fused-ring (bicyclic) bond motifs is 2. The van der Waals surface area contributed by atoms with Gasteiger partial charge in [0.1, 0.15) is 23.2 Å². The van der Waals surface area contributed by atoms with Crippen LogP contribution in [-0.2, 0) is 19.1 Å². The summed E-state index contributed by atoms with van der Waals surface area (Å²) in [4.78, 5) is 58.1. The molecule has 1 aliphatic carbocycles. The first-order valence-corrected chi connectivity index (χ1v) is 17.2. The number of carbonyl (C=O) groups is 4. The summed E-state index contributed by atoms with van der Waals surface area (Å²) in [5.74, 6) is -2.04. The van der Waals surface area contributed by atoms with Crippen molar-refractivity contribution in [1.29, 1.82) is 0 Å². The van der Waals surface area contributed by atoms with E-state index in [1.165, 1.54) is 21.0 Å². The van der Waals surface area contributed by atoms with Gasteiger partial charge in [0.15, 0.2) is 0 Å². The molecule has 2 aromatic heterocycles. The van der Waals surface area contributed by atoms with Gasteiger partial charge in [-0.25, -0.2) is 9.59 Å². The van der Waals surface area contributed by atoms with Gasteiger partial charge in [0.05, 0.1) is 10.9 Å². The maximum absolute atomic E-state index is 14.2. The van der Waals surface area contributed by atoms with E-state index in [1.807, 2.05) is 54.6 Å². The summed E-state index contributed by atoms with van der Waals surface area (Å²) in [6.45, 7) is 5.30. The molecule has 1 saturated heterocycles. The zero-order chi connectivity index (χ0) is 34.1. The van der Waals surface area contributed by atoms with Crippen LogP contribution in [0, 0.1) is 5.92 Å². The number of thiophene rings is 1. The van der Waals surface area contributed by atoms with Crippen molar-refractivity contribution in [3.05, 3.63) is 54.6 Å². The molecule has 13 nitrogen and oxygen atoms in total. The van der Waals surface area contributed by atoms with Gasteiger partial charge in [-0.05, 0) is 69.4 Å². The number of carboxylic acid groups (broad SMARTS) is 1. The summed E-state index contributed by atoms with van der Waals surface area (Å²) in [5.41, 5.74) is -1.12. The number of alkyl carbamates (subject to hydrolysis) is 1. The number of carbonyl (C=O) groups excluding carboxylic acids is 3. The molecule has 2 fully saturated rings. The van der Waals surface area contributed by atoms with Gasteiger partial charge in [-0.15, -0.1) is 21.5 Å². The molecule has 0 radical (unpaired) electrons. The third kappa shape index (κ3) is 7.28. The molecule has 4 heterocycles. The van der Waals surface area contributed by atoms with Gasteiger partial charge >= 0.3 is 12.1 Å². The third-order valence-corrected chi connectivity index (χ3v) is 10.1. The van der Waals surface area contributed by atoms with E-state index in [4.69, 9.17) is 4.74 Å². The summed E-state index contributed by atoms with van der Waals surface area (Å²) in [6, 6.07) is 11.4. The number of carboxylic acids is 1. The lowest BCUT2D eigenvalue weighted by atomic mass is 10.0. The maximum Gasteiger partial charge on any atom is 0.408 e. The molecule has 0 spiro atoms. The second kappa shape index (κ2) is 13.5. The van der Waals surface area contributed by atoms with Crippen LogP contribution in [0.1, 0.15) is 71.8 Å². The van der Waals surface area contributed by atoms with Crippen LogP contribution in [0.5, 0.6) is 0 Å². The number of benzene rings is 1. The zero-order valence-corrected chi connectivity index (χ0v) is 28.1. The van der Waals surface area contributed by atoms with Crippen molar-refractivity contribution in [1.82, 2.24) is 35.7 Å². The molecule has 2 aliphatic heterocycles. The first-order chi connectivity index (χ1) is 22.9. The predicted octanol–water partition coefficient (Wildman–Crippen LogP) is 4.58. The fraction of sp³-hybridized carbons (Fsp3) is 0.500. The van der Waals surface area contributed by atoms with Crippen LogP contribution in [0.4, 0.5) is 4.79 Å². The van der Waals surface area contributed by atoms with Gasteiger partial charge in [-0.1, -0.05) is 55.3 Å². The highest BCUT2D eigenvalue weighted by molar-refractivity contribution is 7.18. The Balaban J connectivity index is 1.27. The van der Waals surface area contributed by atoms with E-state index in [2.05, 4.69) is 26.0 Å². The number of allylic oxidation sites excluding steroid dienone is 1. The van der Waals surface area contributed by atoms with Crippen molar-refractivity contribution < 1.29 is 29.0 Å². The Bertz CT molecular complexity index is 1700. The highest BCUT2D eigenvalue weighted by Gasteiger charge is 2.61. The third-order valence-electron chi connectivity index (χ3n) is 8.97. The van der Waals surface area contributed by atoms with Crippen LogP contribution < -0.4 is 10.6 Å². The predicted molar refractivity (Wildman–Crippen MR) is 178 cm³/mol. The Morgan fingerprint density at radius 3 is 2.60 bits per heavy atom. The minimum atomic E-state index is -1.43. The highest BCUT2D eigenvalue weighted by atomic mass is 32.1. The maximum atomic E-state index is 14.2. The second-order valence-corrected chi connectivity index (χ2v) is 14.8. The molecular weight excluding hydrogens is 634 g/mol. The summed E-state index contributed by atoms with van der Waals surface area (Å²) >= 11 is 1.53. The standard InChI is InChI=1S/C34H41N7O6S/c1-33(2,3)47-32(46)35-24-15-11-6-4-5-10-14-22-19-34(22,31(44)45)36-29(42)25-18-23(20-40(25)30(24)43)41-38-28(37-39-41)27-17-16-26(48-27)21-12-8-7-9-13-21/h7-10,12-14,16-17,22-25H,4-6,11,15,18-20H2,1-3H3,(H,35,46)(H,36,42)(H,44,45)/b14-10-/t22-,23+,24+,25+,34+/m1/s1. The summed E-state index contributed by atoms with van der Waals surface area (Å²) in [5, 5.41) is 28.9. The lowest BCUT2D eigenvalue weighted by molar-refractivity contribution is -0.145. The van der Waals surface area contributed by atoms with E-state index in [-0.39, 0.29) is 25.3 Å².